The minimum atomic E-state index is -1.40. The van der Waals surface area contributed by atoms with Gasteiger partial charge >= 0.3 is 12.1 Å². The van der Waals surface area contributed by atoms with Gasteiger partial charge in [0.2, 0.25) is 0 Å². The summed E-state index contributed by atoms with van der Waals surface area (Å²) in [6.07, 6.45) is 4.50. The van der Waals surface area contributed by atoms with Crippen molar-refractivity contribution in [2.24, 2.45) is 0 Å². The zero-order valence-corrected chi connectivity index (χ0v) is 13.9. The molecule has 124 valence electrons. The van der Waals surface area contributed by atoms with E-state index in [-0.39, 0.29) is 12.8 Å². The predicted octanol–water partition coefficient (Wildman–Crippen LogP) is 2.26. The molecule has 0 saturated heterocycles. The van der Waals surface area contributed by atoms with E-state index in [9.17, 15) is 14.7 Å². The van der Waals surface area contributed by atoms with Gasteiger partial charge in [-0.05, 0) is 32.4 Å². The number of amides is 1. The van der Waals surface area contributed by atoms with Crippen LogP contribution in [-0.4, -0.2) is 41.0 Å². The first-order valence-electron chi connectivity index (χ1n) is 6.89. The average molecular weight is 332 g/mol. The minimum absolute atomic E-state index is 0.218. The van der Waals surface area contributed by atoms with E-state index in [0.717, 1.165) is 5.57 Å². The van der Waals surface area contributed by atoms with Gasteiger partial charge in [-0.1, -0.05) is 23.8 Å². The highest BCUT2D eigenvalue weighted by atomic mass is 35.5. The van der Waals surface area contributed by atoms with Crippen molar-refractivity contribution < 1.29 is 24.2 Å². The molecular weight excluding hydrogens is 310 g/mol. The average Bonchev–Trinajstić information content (AvgIpc) is 2.37. The number of ether oxygens (including phenoxy) is 2. The molecule has 6 nitrogen and oxygen atoms in total. The summed E-state index contributed by atoms with van der Waals surface area (Å²) in [6, 6.07) is -0.878. The normalized spacial score (nSPS) is 22.5. The van der Waals surface area contributed by atoms with E-state index >= 15 is 0 Å². The van der Waals surface area contributed by atoms with Crippen LogP contribution in [-0.2, 0) is 14.3 Å². The van der Waals surface area contributed by atoms with Crippen LogP contribution in [0, 0.1) is 0 Å². The number of carbonyl (C=O) groups is 2. The summed E-state index contributed by atoms with van der Waals surface area (Å²) < 4.78 is 9.82. The SMILES string of the molecule is COC(=O)[C@H](CC1=CCC(O)(Cl)C=C1)NC(=O)OC(C)(C)C. The van der Waals surface area contributed by atoms with Crippen molar-refractivity contribution in [1.82, 2.24) is 5.32 Å². The van der Waals surface area contributed by atoms with Crippen LogP contribution in [0.25, 0.3) is 0 Å². The third kappa shape index (κ3) is 6.49. The van der Waals surface area contributed by atoms with Gasteiger partial charge in [0.1, 0.15) is 11.6 Å². The van der Waals surface area contributed by atoms with Crippen molar-refractivity contribution in [2.75, 3.05) is 7.11 Å². The van der Waals surface area contributed by atoms with Gasteiger partial charge in [0.05, 0.1) is 7.11 Å². The Morgan fingerprint density at radius 2 is 2.14 bits per heavy atom. The Morgan fingerprint density at radius 1 is 1.50 bits per heavy atom. The van der Waals surface area contributed by atoms with Gasteiger partial charge in [-0.15, -0.1) is 0 Å². The minimum Gasteiger partial charge on any atom is -0.467 e. The van der Waals surface area contributed by atoms with Crippen LogP contribution in [0.15, 0.2) is 23.8 Å². The number of hydrogen-bond acceptors (Lipinski definition) is 5. The molecule has 2 atom stereocenters. The van der Waals surface area contributed by atoms with Gasteiger partial charge in [-0.2, -0.15) is 0 Å². The summed E-state index contributed by atoms with van der Waals surface area (Å²) in [5.74, 6) is -0.577. The summed E-state index contributed by atoms with van der Waals surface area (Å²) >= 11 is 5.76. The molecule has 1 aliphatic carbocycles. The Labute approximate surface area is 135 Å². The molecule has 0 aromatic carbocycles. The second-order valence-electron chi connectivity index (χ2n) is 6.06. The highest BCUT2D eigenvalue weighted by Gasteiger charge is 2.27. The van der Waals surface area contributed by atoms with E-state index < -0.39 is 28.8 Å². The molecule has 0 aliphatic heterocycles. The van der Waals surface area contributed by atoms with E-state index in [1.54, 1.807) is 32.9 Å². The van der Waals surface area contributed by atoms with E-state index in [1.165, 1.54) is 13.2 Å². The van der Waals surface area contributed by atoms with Crippen LogP contribution in [0.2, 0.25) is 0 Å². The predicted molar refractivity (Wildman–Crippen MR) is 82.4 cm³/mol. The molecular formula is C15H22ClNO5. The van der Waals surface area contributed by atoms with E-state index in [0.29, 0.717) is 0 Å². The summed E-state index contributed by atoms with van der Waals surface area (Å²) in [5.41, 5.74) is 0.0981. The van der Waals surface area contributed by atoms with Gasteiger partial charge in [0.25, 0.3) is 0 Å². The Hall–Kier alpha value is -1.53. The van der Waals surface area contributed by atoms with Crippen molar-refractivity contribution in [2.45, 2.75) is 50.3 Å². The molecule has 1 rings (SSSR count). The van der Waals surface area contributed by atoms with Crippen molar-refractivity contribution in [3.63, 3.8) is 0 Å². The number of halogens is 1. The fraction of sp³-hybridized carbons (Fsp3) is 0.600. The van der Waals surface area contributed by atoms with Crippen LogP contribution in [0.1, 0.15) is 33.6 Å². The lowest BCUT2D eigenvalue weighted by Gasteiger charge is -2.24. The van der Waals surface area contributed by atoms with E-state index in [4.69, 9.17) is 16.3 Å². The first-order chi connectivity index (χ1) is 10.0. The van der Waals surface area contributed by atoms with Gasteiger partial charge in [-0.3, -0.25) is 0 Å². The topological polar surface area (TPSA) is 84.9 Å². The van der Waals surface area contributed by atoms with Crippen molar-refractivity contribution >= 4 is 23.7 Å². The number of allylic oxidation sites excluding steroid dienone is 1. The lowest BCUT2D eigenvalue weighted by Crippen LogP contribution is -2.44. The monoisotopic (exact) mass is 331 g/mol. The molecule has 0 saturated carbocycles. The number of methoxy groups -OCH3 is 1. The number of hydrogen-bond donors (Lipinski definition) is 2. The summed E-state index contributed by atoms with van der Waals surface area (Å²) in [4.78, 5) is 23.6. The number of rotatable bonds is 4. The lowest BCUT2D eigenvalue weighted by molar-refractivity contribution is -0.143. The second kappa shape index (κ2) is 7.15. The van der Waals surface area contributed by atoms with Crippen LogP contribution in [0.3, 0.4) is 0 Å². The quantitative estimate of drug-likeness (QED) is 0.609. The lowest BCUT2D eigenvalue weighted by atomic mass is 9.98. The molecule has 0 aromatic rings. The third-order valence-corrected chi connectivity index (χ3v) is 3.10. The smallest absolute Gasteiger partial charge is 0.408 e. The van der Waals surface area contributed by atoms with Crippen LogP contribution >= 0.6 is 11.6 Å². The number of carbonyl (C=O) groups excluding carboxylic acids is 2. The first-order valence-corrected chi connectivity index (χ1v) is 7.27. The highest BCUT2D eigenvalue weighted by molar-refractivity contribution is 6.24. The molecule has 1 aliphatic rings. The number of esters is 1. The fourth-order valence-corrected chi connectivity index (χ4v) is 1.96. The number of nitrogens with one attached hydrogen (secondary N) is 1. The molecule has 0 radical (unpaired) electrons. The zero-order chi connectivity index (χ0) is 17.0. The van der Waals surface area contributed by atoms with Gasteiger partial charge in [0.15, 0.2) is 5.06 Å². The molecule has 1 unspecified atom stereocenters. The zero-order valence-electron chi connectivity index (χ0n) is 13.2. The molecule has 0 bridgehead atoms. The van der Waals surface area contributed by atoms with Crippen LogP contribution < -0.4 is 5.32 Å². The maximum atomic E-state index is 11.8. The van der Waals surface area contributed by atoms with E-state index in [2.05, 4.69) is 10.1 Å². The number of aliphatic hydroxyl groups is 1. The Balaban J connectivity index is 2.71. The van der Waals surface area contributed by atoms with Crippen molar-refractivity contribution in [3.8, 4) is 0 Å². The molecule has 0 fully saturated rings. The Morgan fingerprint density at radius 3 is 2.59 bits per heavy atom. The fourth-order valence-electron chi connectivity index (χ4n) is 1.82. The standard InChI is InChI=1S/C15H22ClNO5/c1-14(2,3)22-13(19)17-11(12(18)21-4)9-10-5-7-15(16,20)8-6-10/h5-7,11,20H,8-9H2,1-4H3,(H,17,19)/t11-,15?/m0/s1. The molecule has 7 heteroatoms. The molecule has 0 heterocycles. The maximum absolute atomic E-state index is 11.8. The Kier molecular flexibility index (Phi) is 6.02. The largest absolute Gasteiger partial charge is 0.467 e. The van der Waals surface area contributed by atoms with Gasteiger partial charge in [0, 0.05) is 12.8 Å². The van der Waals surface area contributed by atoms with E-state index in [1.807, 2.05) is 0 Å². The summed E-state index contributed by atoms with van der Waals surface area (Å²) in [6.45, 7) is 5.19. The molecule has 1 amide bonds. The first kappa shape index (κ1) is 18.5. The summed E-state index contributed by atoms with van der Waals surface area (Å²) in [7, 11) is 1.24. The maximum Gasteiger partial charge on any atom is 0.408 e. The summed E-state index contributed by atoms with van der Waals surface area (Å²) in [5, 5.41) is 10.7. The third-order valence-electron chi connectivity index (χ3n) is 2.82. The second-order valence-corrected chi connectivity index (χ2v) is 6.72. The number of alkyl carbamates (subject to hydrolysis) is 1. The van der Waals surface area contributed by atoms with Gasteiger partial charge < -0.3 is 19.9 Å². The van der Waals surface area contributed by atoms with Gasteiger partial charge in [-0.25, -0.2) is 9.59 Å². The Bertz CT molecular complexity index is 491. The van der Waals surface area contributed by atoms with Crippen molar-refractivity contribution in [1.29, 1.82) is 0 Å². The van der Waals surface area contributed by atoms with Crippen LogP contribution in [0.5, 0.6) is 0 Å². The molecule has 0 spiro atoms. The molecule has 0 aromatic heterocycles. The van der Waals surface area contributed by atoms with Crippen LogP contribution in [0.4, 0.5) is 4.79 Å². The van der Waals surface area contributed by atoms with Crippen molar-refractivity contribution in [3.05, 3.63) is 23.8 Å². The number of alkyl halides is 1. The highest BCUT2D eigenvalue weighted by Crippen LogP contribution is 2.26. The molecule has 22 heavy (non-hydrogen) atoms. The molecule has 2 N–H and O–H groups in total.